The van der Waals surface area contributed by atoms with Gasteiger partial charge in [0.2, 0.25) is 0 Å². The molecule has 1 aromatic carbocycles. The van der Waals surface area contributed by atoms with Crippen molar-refractivity contribution in [2.75, 3.05) is 20.2 Å². The van der Waals surface area contributed by atoms with Gasteiger partial charge in [0.1, 0.15) is 5.75 Å². The molecule has 3 heteroatoms. The monoisotopic (exact) mass is 264 g/mol. The summed E-state index contributed by atoms with van der Waals surface area (Å²) in [7, 11) is 1.72. The molecule has 1 aromatic rings. The van der Waals surface area contributed by atoms with Crippen LogP contribution < -0.4 is 15.8 Å². The summed E-state index contributed by atoms with van der Waals surface area (Å²) in [5.41, 5.74) is 9.75. The molecular formula is C16H28N2O. The van der Waals surface area contributed by atoms with Crippen molar-refractivity contribution < 1.29 is 4.74 Å². The molecule has 0 radical (unpaired) electrons. The zero-order chi connectivity index (χ0) is 14.5. The molecule has 0 fully saturated rings. The molecule has 0 unspecified atom stereocenters. The number of hydrogen-bond donors (Lipinski definition) is 2. The van der Waals surface area contributed by atoms with E-state index in [2.05, 4.69) is 39.1 Å². The minimum absolute atomic E-state index is 0.254. The topological polar surface area (TPSA) is 47.3 Å². The summed E-state index contributed by atoms with van der Waals surface area (Å²) in [5, 5.41) is 3.54. The van der Waals surface area contributed by atoms with Gasteiger partial charge in [0, 0.05) is 13.1 Å². The fraction of sp³-hybridized carbons (Fsp3) is 0.625. The molecule has 0 aromatic heterocycles. The van der Waals surface area contributed by atoms with Gasteiger partial charge >= 0.3 is 0 Å². The molecule has 0 saturated carbocycles. The molecule has 0 amide bonds. The van der Waals surface area contributed by atoms with Gasteiger partial charge in [-0.25, -0.2) is 0 Å². The summed E-state index contributed by atoms with van der Waals surface area (Å²) in [6, 6.07) is 4.19. The molecule has 108 valence electrons. The Morgan fingerprint density at radius 3 is 2.47 bits per heavy atom. The number of nitrogens with two attached hydrogens (primary N) is 1. The van der Waals surface area contributed by atoms with Gasteiger partial charge in [-0.1, -0.05) is 19.9 Å². The van der Waals surface area contributed by atoms with Crippen molar-refractivity contribution in [1.29, 1.82) is 0 Å². The van der Waals surface area contributed by atoms with Crippen molar-refractivity contribution >= 4 is 0 Å². The van der Waals surface area contributed by atoms with Crippen LogP contribution in [0, 0.1) is 19.3 Å². The Morgan fingerprint density at radius 2 is 1.89 bits per heavy atom. The maximum atomic E-state index is 5.63. The average Bonchev–Trinajstić information content (AvgIpc) is 2.34. The van der Waals surface area contributed by atoms with Crippen LogP contribution in [0.5, 0.6) is 5.75 Å². The van der Waals surface area contributed by atoms with Gasteiger partial charge in [-0.2, -0.15) is 0 Å². The zero-order valence-corrected chi connectivity index (χ0v) is 13.0. The lowest BCUT2D eigenvalue weighted by molar-refractivity contribution is 0.319. The Bertz CT molecular complexity index is 413. The Kier molecular flexibility index (Phi) is 5.83. The fourth-order valence-corrected chi connectivity index (χ4v) is 2.28. The van der Waals surface area contributed by atoms with E-state index >= 15 is 0 Å². The molecule has 0 spiro atoms. The number of hydrogen-bond acceptors (Lipinski definition) is 3. The van der Waals surface area contributed by atoms with Gasteiger partial charge in [-0.3, -0.25) is 0 Å². The van der Waals surface area contributed by atoms with Crippen LogP contribution in [0.3, 0.4) is 0 Å². The first-order valence-corrected chi connectivity index (χ1v) is 6.95. The molecule has 0 bridgehead atoms. The molecule has 0 saturated heterocycles. The van der Waals surface area contributed by atoms with Crippen LogP contribution in [0.2, 0.25) is 0 Å². The summed E-state index contributed by atoms with van der Waals surface area (Å²) >= 11 is 0. The Hall–Kier alpha value is -1.06. The number of ether oxygens (including phenoxy) is 1. The molecule has 1 rings (SSSR count). The van der Waals surface area contributed by atoms with Gasteiger partial charge in [0.15, 0.2) is 0 Å². The van der Waals surface area contributed by atoms with Gasteiger partial charge in [0.25, 0.3) is 0 Å². The molecule has 0 heterocycles. The summed E-state index contributed by atoms with van der Waals surface area (Å²) in [4.78, 5) is 0. The first-order chi connectivity index (χ1) is 8.91. The van der Waals surface area contributed by atoms with Crippen LogP contribution in [0.1, 0.15) is 37.0 Å². The lowest BCUT2D eigenvalue weighted by Crippen LogP contribution is -2.31. The normalized spacial score (nSPS) is 11.7. The lowest BCUT2D eigenvalue weighted by Gasteiger charge is -2.24. The van der Waals surface area contributed by atoms with Crippen LogP contribution in [0.4, 0.5) is 0 Å². The van der Waals surface area contributed by atoms with Crippen LogP contribution in [0.25, 0.3) is 0 Å². The smallest absolute Gasteiger partial charge is 0.122 e. The standard InChI is InChI=1S/C16H28N2O/c1-12-13(2)15(19-5)7-6-14(12)10-18-11-16(3,4)8-9-17/h6-7,18H,8-11,17H2,1-5H3. The Morgan fingerprint density at radius 1 is 1.21 bits per heavy atom. The molecular weight excluding hydrogens is 236 g/mol. The third-order valence-electron chi connectivity index (χ3n) is 3.81. The second kappa shape index (κ2) is 6.92. The molecule has 0 atom stereocenters. The Balaban J connectivity index is 2.62. The predicted octanol–water partition coefficient (Wildman–Crippen LogP) is 2.78. The van der Waals surface area contributed by atoms with E-state index in [1.807, 2.05) is 6.07 Å². The first kappa shape index (κ1) is 16.0. The largest absolute Gasteiger partial charge is 0.496 e. The number of nitrogens with one attached hydrogen (secondary N) is 1. The van der Waals surface area contributed by atoms with E-state index in [1.165, 1.54) is 16.7 Å². The third kappa shape index (κ3) is 4.51. The van der Waals surface area contributed by atoms with Gasteiger partial charge < -0.3 is 15.8 Å². The highest BCUT2D eigenvalue weighted by molar-refractivity contribution is 5.43. The summed E-state index contributed by atoms with van der Waals surface area (Å²) in [6.07, 6.45) is 1.04. The van der Waals surface area contributed by atoms with Gasteiger partial charge in [0.05, 0.1) is 7.11 Å². The average molecular weight is 264 g/mol. The minimum atomic E-state index is 0.254. The highest BCUT2D eigenvalue weighted by Gasteiger charge is 2.16. The molecule has 0 aliphatic rings. The highest BCUT2D eigenvalue weighted by Crippen LogP contribution is 2.24. The molecule has 0 aliphatic carbocycles. The van der Waals surface area contributed by atoms with E-state index < -0.39 is 0 Å². The van der Waals surface area contributed by atoms with Crippen molar-refractivity contribution in [3.8, 4) is 5.75 Å². The van der Waals surface area contributed by atoms with Crippen LogP contribution >= 0.6 is 0 Å². The zero-order valence-electron chi connectivity index (χ0n) is 13.0. The summed E-state index contributed by atoms with van der Waals surface area (Å²) in [5.74, 6) is 0.963. The van der Waals surface area contributed by atoms with Crippen LogP contribution in [-0.4, -0.2) is 20.2 Å². The van der Waals surface area contributed by atoms with Crippen molar-refractivity contribution in [1.82, 2.24) is 5.32 Å². The van der Waals surface area contributed by atoms with E-state index in [-0.39, 0.29) is 5.41 Å². The summed E-state index contributed by atoms with van der Waals surface area (Å²) in [6.45, 7) is 11.4. The number of benzene rings is 1. The second-order valence-corrected chi connectivity index (χ2v) is 5.98. The maximum Gasteiger partial charge on any atom is 0.122 e. The van der Waals surface area contributed by atoms with Gasteiger partial charge in [-0.05, 0) is 55.0 Å². The number of methoxy groups -OCH3 is 1. The second-order valence-electron chi connectivity index (χ2n) is 5.98. The lowest BCUT2D eigenvalue weighted by atomic mass is 9.89. The first-order valence-electron chi connectivity index (χ1n) is 6.95. The van der Waals surface area contributed by atoms with E-state index in [9.17, 15) is 0 Å². The summed E-state index contributed by atoms with van der Waals surface area (Å²) < 4.78 is 5.34. The van der Waals surface area contributed by atoms with Crippen LogP contribution in [-0.2, 0) is 6.54 Å². The van der Waals surface area contributed by atoms with Crippen molar-refractivity contribution in [2.24, 2.45) is 11.1 Å². The maximum absolute atomic E-state index is 5.63. The highest BCUT2D eigenvalue weighted by atomic mass is 16.5. The van der Waals surface area contributed by atoms with Gasteiger partial charge in [-0.15, -0.1) is 0 Å². The predicted molar refractivity (Wildman–Crippen MR) is 81.6 cm³/mol. The quantitative estimate of drug-likeness (QED) is 0.796. The minimum Gasteiger partial charge on any atom is -0.496 e. The fourth-order valence-electron chi connectivity index (χ4n) is 2.28. The van der Waals surface area contributed by atoms with E-state index in [4.69, 9.17) is 10.5 Å². The number of rotatable bonds is 7. The van der Waals surface area contributed by atoms with Crippen molar-refractivity contribution in [2.45, 2.75) is 40.7 Å². The Labute approximate surface area is 117 Å². The van der Waals surface area contributed by atoms with Crippen molar-refractivity contribution in [3.63, 3.8) is 0 Å². The molecule has 19 heavy (non-hydrogen) atoms. The molecule has 0 aliphatic heterocycles. The molecule has 3 nitrogen and oxygen atoms in total. The van der Waals surface area contributed by atoms with E-state index in [0.717, 1.165) is 31.8 Å². The third-order valence-corrected chi connectivity index (χ3v) is 3.81. The molecule has 3 N–H and O–H groups in total. The SMILES string of the molecule is COc1ccc(CNCC(C)(C)CCN)c(C)c1C. The van der Waals surface area contributed by atoms with E-state index in [0.29, 0.717) is 0 Å². The van der Waals surface area contributed by atoms with E-state index in [1.54, 1.807) is 7.11 Å². The van der Waals surface area contributed by atoms with Crippen LogP contribution in [0.15, 0.2) is 12.1 Å². The van der Waals surface area contributed by atoms with Crippen molar-refractivity contribution in [3.05, 3.63) is 28.8 Å².